The molecule has 1 atom stereocenters. The number of benzene rings is 2. The number of nitrogens with one attached hydrogen (secondary N) is 1. The number of hydrogen-bond donors (Lipinski definition) is 1. The second kappa shape index (κ2) is 6.58. The second-order valence-corrected chi connectivity index (χ2v) is 6.26. The molecule has 0 radical (unpaired) electrons. The lowest BCUT2D eigenvalue weighted by atomic mass is 10.1. The number of oxazole rings is 1. The molecule has 6 heteroatoms. The summed E-state index contributed by atoms with van der Waals surface area (Å²) in [7, 11) is -1.05. The maximum atomic E-state index is 12.2. The van der Waals surface area contributed by atoms with Gasteiger partial charge in [-0.05, 0) is 48.5 Å². The molecule has 1 aromatic heterocycles. The third-order valence-electron chi connectivity index (χ3n) is 3.31. The summed E-state index contributed by atoms with van der Waals surface area (Å²) in [5.74, 6) is 0.455. The van der Waals surface area contributed by atoms with E-state index in [9.17, 15) is 9.00 Å². The molecule has 0 saturated heterocycles. The van der Waals surface area contributed by atoms with Crippen LogP contribution in [0.3, 0.4) is 0 Å². The van der Waals surface area contributed by atoms with Gasteiger partial charge in [-0.3, -0.25) is 9.00 Å². The molecule has 1 heterocycles. The first-order valence-corrected chi connectivity index (χ1v) is 8.43. The zero-order chi connectivity index (χ0) is 16.2. The molecule has 0 saturated carbocycles. The molecule has 2 aromatic carbocycles. The fourth-order valence-electron chi connectivity index (χ4n) is 2.08. The minimum Gasteiger partial charge on any atom is -0.444 e. The minimum atomic E-state index is -1.05. The fraction of sp³-hybridized carbons (Fsp3) is 0.0588. The number of hydrogen-bond acceptors (Lipinski definition) is 4. The molecule has 0 aliphatic rings. The molecule has 116 valence electrons. The molecule has 5 nitrogen and oxygen atoms in total. The lowest BCUT2D eigenvalue weighted by molar-refractivity contribution is 0.102. The smallest absolute Gasteiger partial charge is 0.255 e. The predicted octanol–water partition coefficient (Wildman–Crippen LogP) is 3.33. The number of aromatic nitrogens is 1. The molecule has 0 spiro atoms. The molecule has 3 rings (SSSR count). The molecule has 1 unspecified atom stereocenters. The number of nitrogens with zero attached hydrogens (tertiary/aromatic N) is 1. The largest absolute Gasteiger partial charge is 0.444 e. The molecule has 0 aliphatic carbocycles. The van der Waals surface area contributed by atoms with E-state index < -0.39 is 10.8 Å². The number of anilines is 1. The van der Waals surface area contributed by atoms with Crippen molar-refractivity contribution in [3.63, 3.8) is 0 Å². The Morgan fingerprint density at radius 1 is 1.09 bits per heavy atom. The first kappa shape index (κ1) is 15.2. The quantitative estimate of drug-likeness (QED) is 0.798. The first-order valence-electron chi connectivity index (χ1n) is 6.87. The minimum absolute atomic E-state index is 0.217. The second-order valence-electron chi connectivity index (χ2n) is 4.88. The topological polar surface area (TPSA) is 72.2 Å². The van der Waals surface area contributed by atoms with Gasteiger partial charge in [0, 0.05) is 38.8 Å². The van der Waals surface area contributed by atoms with E-state index in [1.807, 2.05) is 12.1 Å². The summed E-state index contributed by atoms with van der Waals surface area (Å²) >= 11 is 0. The van der Waals surface area contributed by atoms with Crippen LogP contribution in [0.5, 0.6) is 0 Å². The molecule has 23 heavy (non-hydrogen) atoms. The first-order chi connectivity index (χ1) is 11.1. The van der Waals surface area contributed by atoms with Gasteiger partial charge in [0.05, 0.1) is 6.20 Å². The molecular weight excluding hydrogens is 312 g/mol. The highest BCUT2D eigenvalue weighted by Gasteiger charge is 2.08. The van der Waals surface area contributed by atoms with E-state index in [0.29, 0.717) is 21.9 Å². The third-order valence-corrected chi connectivity index (χ3v) is 4.24. The number of carbonyl (C=O) groups is 1. The van der Waals surface area contributed by atoms with Gasteiger partial charge in [-0.1, -0.05) is 0 Å². The standard InChI is InChI=1S/C17H14N2O3S/c1-23(21)15-8-4-13(5-9-15)17(20)19-14-6-2-12(3-7-14)16-10-18-11-22-16/h2-11H,1H3,(H,19,20). The Kier molecular flexibility index (Phi) is 4.34. The number of carbonyl (C=O) groups excluding carboxylic acids is 1. The van der Waals surface area contributed by atoms with E-state index in [0.717, 1.165) is 5.56 Å². The Bertz CT molecular complexity index is 825. The van der Waals surface area contributed by atoms with E-state index in [1.54, 1.807) is 48.9 Å². The van der Waals surface area contributed by atoms with Gasteiger partial charge in [0.15, 0.2) is 12.2 Å². The van der Waals surface area contributed by atoms with E-state index in [2.05, 4.69) is 10.3 Å². The Hall–Kier alpha value is -2.73. The summed E-state index contributed by atoms with van der Waals surface area (Å²) in [6.07, 6.45) is 4.61. The van der Waals surface area contributed by atoms with Crippen molar-refractivity contribution in [1.82, 2.24) is 4.98 Å². The van der Waals surface area contributed by atoms with Gasteiger partial charge in [-0.2, -0.15) is 0 Å². The van der Waals surface area contributed by atoms with Crippen molar-refractivity contribution in [3.05, 3.63) is 66.7 Å². The highest BCUT2D eigenvalue weighted by atomic mass is 32.2. The SMILES string of the molecule is CS(=O)c1ccc(C(=O)Nc2ccc(-c3cnco3)cc2)cc1. The Morgan fingerprint density at radius 3 is 2.35 bits per heavy atom. The average molecular weight is 326 g/mol. The summed E-state index contributed by atoms with van der Waals surface area (Å²) in [5, 5.41) is 2.82. The molecule has 0 bridgehead atoms. The van der Waals surface area contributed by atoms with Crippen LogP contribution in [0.1, 0.15) is 10.4 Å². The third kappa shape index (κ3) is 3.54. The zero-order valence-electron chi connectivity index (χ0n) is 12.4. The van der Waals surface area contributed by atoms with Crippen LogP contribution in [-0.4, -0.2) is 21.4 Å². The van der Waals surface area contributed by atoms with E-state index in [4.69, 9.17) is 4.42 Å². The molecule has 0 fully saturated rings. The predicted molar refractivity (Wildman–Crippen MR) is 88.7 cm³/mol. The Morgan fingerprint density at radius 2 is 1.78 bits per heavy atom. The molecule has 0 aliphatic heterocycles. The van der Waals surface area contributed by atoms with Gasteiger partial charge in [0.2, 0.25) is 0 Å². The summed E-state index contributed by atoms with van der Waals surface area (Å²) in [6, 6.07) is 14.0. The van der Waals surface area contributed by atoms with Crippen LogP contribution in [0.25, 0.3) is 11.3 Å². The van der Waals surface area contributed by atoms with E-state index >= 15 is 0 Å². The lowest BCUT2D eigenvalue weighted by Crippen LogP contribution is -2.11. The number of amides is 1. The van der Waals surface area contributed by atoms with E-state index in [-0.39, 0.29) is 5.91 Å². The summed E-state index contributed by atoms with van der Waals surface area (Å²) in [5.41, 5.74) is 2.08. The van der Waals surface area contributed by atoms with Crippen LogP contribution in [0.4, 0.5) is 5.69 Å². The Labute approximate surface area is 135 Å². The Balaban J connectivity index is 1.71. The van der Waals surface area contributed by atoms with Gasteiger partial charge in [-0.15, -0.1) is 0 Å². The van der Waals surface area contributed by atoms with Crippen LogP contribution >= 0.6 is 0 Å². The summed E-state index contributed by atoms with van der Waals surface area (Å²) < 4.78 is 16.6. The van der Waals surface area contributed by atoms with Gasteiger partial charge < -0.3 is 9.73 Å². The maximum absolute atomic E-state index is 12.2. The zero-order valence-corrected chi connectivity index (χ0v) is 13.2. The summed E-state index contributed by atoms with van der Waals surface area (Å²) in [6.45, 7) is 0. The van der Waals surface area contributed by atoms with Crippen LogP contribution in [0.15, 0.2) is 70.4 Å². The molecule has 1 amide bonds. The monoisotopic (exact) mass is 326 g/mol. The molecule has 1 N–H and O–H groups in total. The van der Waals surface area contributed by atoms with E-state index in [1.165, 1.54) is 6.39 Å². The van der Waals surface area contributed by atoms with Gasteiger partial charge in [0.25, 0.3) is 5.91 Å². The van der Waals surface area contributed by atoms with Crippen LogP contribution < -0.4 is 5.32 Å². The van der Waals surface area contributed by atoms with Gasteiger partial charge >= 0.3 is 0 Å². The van der Waals surface area contributed by atoms with Crippen LogP contribution in [0.2, 0.25) is 0 Å². The summed E-state index contributed by atoms with van der Waals surface area (Å²) in [4.78, 5) is 16.8. The van der Waals surface area contributed by atoms with Crippen molar-refractivity contribution in [1.29, 1.82) is 0 Å². The highest BCUT2D eigenvalue weighted by molar-refractivity contribution is 7.84. The van der Waals surface area contributed by atoms with Crippen molar-refractivity contribution in [2.24, 2.45) is 0 Å². The van der Waals surface area contributed by atoms with Gasteiger partial charge in [-0.25, -0.2) is 4.98 Å². The maximum Gasteiger partial charge on any atom is 0.255 e. The highest BCUT2D eigenvalue weighted by Crippen LogP contribution is 2.21. The molecule has 3 aromatic rings. The van der Waals surface area contributed by atoms with Crippen LogP contribution in [-0.2, 0) is 10.8 Å². The van der Waals surface area contributed by atoms with Gasteiger partial charge in [0.1, 0.15) is 0 Å². The lowest BCUT2D eigenvalue weighted by Gasteiger charge is -2.06. The average Bonchev–Trinajstić information content (AvgIpc) is 3.10. The van der Waals surface area contributed by atoms with Crippen molar-refractivity contribution >= 4 is 22.4 Å². The van der Waals surface area contributed by atoms with Crippen LogP contribution in [0, 0.1) is 0 Å². The fourth-order valence-corrected chi connectivity index (χ4v) is 2.60. The normalized spacial score (nSPS) is 11.9. The van der Waals surface area contributed by atoms with Crippen molar-refractivity contribution in [2.45, 2.75) is 4.90 Å². The van der Waals surface area contributed by atoms with Crippen molar-refractivity contribution in [3.8, 4) is 11.3 Å². The number of rotatable bonds is 4. The van der Waals surface area contributed by atoms with Crippen molar-refractivity contribution in [2.75, 3.05) is 11.6 Å². The van der Waals surface area contributed by atoms with Crippen molar-refractivity contribution < 1.29 is 13.4 Å². The molecular formula is C17H14N2O3S.